The average molecular weight is 387 g/mol. The van der Waals surface area contributed by atoms with E-state index in [4.69, 9.17) is 0 Å². The molecule has 3 aromatic rings. The average Bonchev–Trinajstić information content (AvgIpc) is 3.05. The summed E-state index contributed by atoms with van der Waals surface area (Å²) < 4.78 is 3.61. The van der Waals surface area contributed by atoms with Crippen molar-refractivity contribution in [3.8, 4) is 0 Å². The summed E-state index contributed by atoms with van der Waals surface area (Å²) in [4.78, 5) is 25.3. The number of hydrogen-bond acceptors (Lipinski definition) is 5. The first kappa shape index (κ1) is 19.6. The third kappa shape index (κ3) is 3.93. The number of Topliss-reactive ketones (excluding diaryl/α,β-unsaturated/α-hetero) is 1. The Labute approximate surface area is 163 Å². The maximum atomic E-state index is 13.0. The van der Waals surface area contributed by atoms with Gasteiger partial charge in [-0.25, -0.2) is 0 Å². The number of rotatable bonds is 7. The normalized spacial score (nSPS) is 12.1. The van der Waals surface area contributed by atoms with Gasteiger partial charge in [-0.2, -0.15) is 0 Å². The van der Waals surface area contributed by atoms with Gasteiger partial charge in [-0.3, -0.25) is 18.6 Å². The third-order valence-electron chi connectivity index (χ3n) is 4.63. The van der Waals surface area contributed by atoms with Crippen molar-refractivity contribution in [3.05, 3.63) is 34.6 Å². The fraction of sp³-hybridized carbons (Fsp3) is 0.500. The van der Waals surface area contributed by atoms with Crippen molar-refractivity contribution >= 4 is 34.2 Å². The number of benzene rings is 1. The van der Waals surface area contributed by atoms with Crippen LogP contribution < -0.4 is 5.56 Å². The Hall–Kier alpha value is -2.15. The quantitative estimate of drug-likeness (QED) is 0.454. The summed E-state index contributed by atoms with van der Waals surface area (Å²) in [5.74, 6) is 1.03. The van der Waals surface area contributed by atoms with E-state index in [1.807, 2.05) is 49.4 Å². The molecule has 0 saturated heterocycles. The minimum absolute atomic E-state index is 0.0380. The second kappa shape index (κ2) is 7.84. The molecule has 0 aliphatic rings. The molecule has 6 nitrogen and oxygen atoms in total. The van der Waals surface area contributed by atoms with Gasteiger partial charge in [0, 0.05) is 12.0 Å². The lowest BCUT2D eigenvalue weighted by Crippen LogP contribution is -2.24. The lowest BCUT2D eigenvalue weighted by Gasteiger charge is -2.15. The number of aryl methyl sites for hydroxylation is 1. The largest absolute Gasteiger partial charge is 0.298 e. The first-order valence-electron chi connectivity index (χ1n) is 9.37. The zero-order valence-corrected chi connectivity index (χ0v) is 17.2. The molecule has 0 fully saturated rings. The Morgan fingerprint density at radius 2 is 1.89 bits per heavy atom. The molecule has 0 saturated carbocycles. The lowest BCUT2D eigenvalue weighted by molar-refractivity contribution is -0.123. The van der Waals surface area contributed by atoms with Crippen LogP contribution in [0.15, 0.2) is 34.2 Å². The van der Waals surface area contributed by atoms with Crippen molar-refractivity contribution in [3.63, 3.8) is 0 Å². The van der Waals surface area contributed by atoms with Crippen LogP contribution in [0.5, 0.6) is 0 Å². The van der Waals surface area contributed by atoms with Crippen LogP contribution in [0, 0.1) is 5.41 Å². The highest BCUT2D eigenvalue weighted by atomic mass is 32.2. The van der Waals surface area contributed by atoms with Gasteiger partial charge >= 0.3 is 0 Å². The maximum Gasteiger partial charge on any atom is 0.262 e. The molecule has 27 heavy (non-hydrogen) atoms. The number of aromatic nitrogens is 4. The van der Waals surface area contributed by atoms with E-state index < -0.39 is 5.41 Å². The Bertz CT molecular complexity index is 1030. The Morgan fingerprint density at radius 3 is 2.59 bits per heavy atom. The molecule has 0 atom stereocenters. The zero-order chi connectivity index (χ0) is 19.6. The van der Waals surface area contributed by atoms with Crippen LogP contribution in [0.1, 0.15) is 47.0 Å². The summed E-state index contributed by atoms with van der Waals surface area (Å²) in [5.41, 5.74) is 0.349. The highest BCUT2D eigenvalue weighted by Gasteiger charge is 2.23. The third-order valence-corrected chi connectivity index (χ3v) is 5.56. The van der Waals surface area contributed by atoms with Gasteiger partial charge in [0.25, 0.3) is 5.56 Å². The van der Waals surface area contributed by atoms with E-state index in [-0.39, 0.29) is 11.3 Å². The fourth-order valence-corrected chi connectivity index (χ4v) is 4.00. The van der Waals surface area contributed by atoms with Gasteiger partial charge < -0.3 is 0 Å². The summed E-state index contributed by atoms with van der Waals surface area (Å²) in [6, 6.07) is 7.50. The number of unbranched alkanes of at least 4 members (excludes halogenated alkanes) is 2. The van der Waals surface area contributed by atoms with E-state index in [2.05, 4.69) is 17.1 Å². The second-order valence-corrected chi connectivity index (χ2v) is 8.70. The number of carbonyl (C=O) groups excluding carboxylic acids is 1. The molecule has 0 radical (unpaired) electrons. The van der Waals surface area contributed by atoms with Gasteiger partial charge in [0.2, 0.25) is 5.78 Å². The summed E-state index contributed by atoms with van der Waals surface area (Å²) in [7, 11) is 0. The number of carbonyl (C=O) groups is 1. The Morgan fingerprint density at radius 1 is 1.15 bits per heavy atom. The van der Waals surface area contributed by atoms with Crippen LogP contribution in [0.4, 0.5) is 0 Å². The predicted octanol–water partition coefficient (Wildman–Crippen LogP) is 3.94. The molecule has 1 aromatic carbocycles. The van der Waals surface area contributed by atoms with Crippen molar-refractivity contribution in [1.82, 2.24) is 19.2 Å². The van der Waals surface area contributed by atoms with Crippen LogP contribution in [-0.2, 0) is 11.3 Å². The van der Waals surface area contributed by atoms with E-state index >= 15 is 0 Å². The highest BCUT2D eigenvalue weighted by molar-refractivity contribution is 7.99. The fourth-order valence-electron chi connectivity index (χ4n) is 2.90. The van der Waals surface area contributed by atoms with E-state index in [0.717, 1.165) is 24.8 Å². The molecule has 0 N–H and O–H groups in total. The molecule has 0 amide bonds. The van der Waals surface area contributed by atoms with Gasteiger partial charge in [0.05, 0.1) is 16.7 Å². The number of ketones is 1. The van der Waals surface area contributed by atoms with Crippen molar-refractivity contribution in [1.29, 1.82) is 0 Å². The van der Waals surface area contributed by atoms with Gasteiger partial charge in [0.15, 0.2) is 5.16 Å². The van der Waals surface area contributed by atoms with Gasteiger partial charge in [-0.05, 0) is 18.6 Å². The lowest BCUT2D eigenvalue weighted by atomic mass is 9.92. The molecule has 0 bridgehead atoms. The van der Waals surface area contributed by atoms with Gasteiger partial charge in [0.1, 0.15) is 5.78 Å². The number of thioether (sulfide) groups is 1. The van der Waals surface area contributed by atoms with Gasteiger partial charge in [-0.1, -0.05) is 64.4 Å². The Balaban J connectivity index is 2.09. The molecular weight excluding hydrogens is 360 g/mol. The molecular formula is C20H26N4O2S. The number of nitrogens with zero attached hydrogens (tertiary/aromatic N) is 4. The van der Waals surface area contributed by atoms with E-state index in [9.17, 15) is 9.59 Å². The van der Waals surface area contributed by atoms with Crippen molar-refractivity contribution in [2.24, 2.45) is 5.41 Å². The van der Waals surface area contributed by atoms with Crippen molar-refractivity contribution < 1.29 is 4.79 Å². The first-order valence-corrected chi connectivity index (χ1v) is 10.4. The standard InChI is InChI=1S/C20H26N4O2S/c1-5-6-9-12-23-17(26)14-10-7-8-11-15(14)24-18(23)21-22-19(24)27-13-16(25)20(2,3)4/h7-8,10-11H,5-6,9,12-13H2,1-4H3. The van der Waals surface area contributed by atoms with E-state index in [0.29, 0.717) is 28.6 Å². The molecule has 2 heterocycles. The molecule has 7 heteroatoms. The smallest absolute Gasteiger partial charge is 0.262 e. The maximum absolute atomic E-state index is 13.0. The second-order valence-electron chi connectivity index (χ2n) is 7.76. The van der Waals surface area contributed by atoms with Crippen LogP contribution in [0.2, 0.25) is 0 Å². The molecule has 144 valence electrons. The molecule has 2 aromatic heterocycles. The first-order chi connectivity index (χ1) is 12.8. The summed E-state index contributed by atoms with van der Waals surface area (Å²) >= 11 is 1.37. The predicted molar refractivity (Wildman–Crippen MR) is 109 cm³/mol. The molecule has 0 spiro atoms. The van der Waals surface area contributed by atoms with Crippen molar-refractivity contribution in [2.75, 3.05) is 5.75 Å². The summed E-state index contributed by atoms with van der Waals surface area (Å²) in [6.45, 7) is 8.50. The number of fused-ring (bicyclic) bond motifs is 3. The highest BCUT2D eigenvalue weighted by Crippen LogP contribution is 2.25. The van der Waals surface area contributed by atoms with Crippen molar-refractivity contribution in [2.45, 2.75) is 58.7 Å². The Kier molecular flexibility index (Phi) is 5.69. The zero-order valence-electron chi connectivity index (χ0n) is 16.4. The minimum Gasteiger partial charge on any atom is -0.298 e. The summed E-state index contributed by atoms with van der Waals surface area (Å²) in [6.07, 6.45) is 3.06. The molecule has 0 aliphatic carbocycles. The monoisotopic (exact) mass is 386 g/mol. The topological polar surface area (TPSA) is 69.3 Å². The van der Waals surface area contributed by atoms with Crippen LogP contribution in [0.25, 0.3) is 16.7 Å². The molecule has 0 aliphatic heterocycles. The number of hydrogen-bond donors (Lipinski definition) is 0. The van der Waals surface area contributed by atoms with E-state index in [1.165, 1.54) is 11.8 Å². The summed E-state index contributed by atoms with van der Waals surface area (Å²) in [5, 5.41) is 9.87. The van der Waals surface area contributed by atoms with E-state index in [1.54, 1.807) is 4.57 Å². The van der Waals surface area contributed by atoms with Crippen LogP contribution in [0.3, 0.4) is 0 Å². The van der Waals surface area contributed by atoms with Gasteiger partial charge in [-0.15, -0.1) is 10.2 Å². The minimum atomic E-state index is -0.391. The SMILES string of the molecule is CCCCCn1c(=O)c2ccccc2n2c(SCC(=O)C(C)(C)C)nnc12. The van der Waals surface area contributed by atoms with Crippen LogP contribution >= 0.6 is 11.8 Å². The van der Waals surface area contributed by atoms with Crippen LogP contribution in [-0.4, -0.2) is 30.7 Å². The number of para-hydroxylation sites is 1. The molecule has 0 unspecified atom stereocenters. The molecule has 3 rings (SSSR count).